The first kappa shape index (κ1) is 26.4. The minimum absolute atomic E-state index is 0.0126. The molecule has 0 aromatic heterocycles. The number of carbonyl (C=O) groups excluding carboxylic acids is 3. The predicted molar refractivity (Wildman–Crippen MR) is 136 cm³/mol. The molecule has 1 unspecified atom stereocenters. The van der Waals surface area contributed by atoms with Crippen molar-refractivity contribution in [2.75, 3.05) is 6.54 Å². The normalized spacial score (nSPS) is 17.6. The van der Waals surface area contributed by atoms with Gasteiger partial charge in [-0.25, -0.2) is 12.7 Å². The molecule has 1 atom stereocenters. The van der Waals surface area contributed by atoms with Crippen LogP contribution in [0.3, 0.4) is 0 Å². The molecule has 1 N–H and O–H groups in total. The second-order valence-electron chi connectivity index (χ2n) is 9.00. The number of fused-ring (bicyclic) bond motifs is 1. The highest BCUT2D eigenvalue weighted by Gasteiger charge is 2.43. The molecular weight excluding hydrogens is 525 g/mol. The first-order valence-electron chi connectivity index (χ1n) is 11.8. The fraction of sp³-hybridized carbons (Fsp3) is 0.400. The van der Waals surface area contributed by atoms with Crippen molar-refractivity contribution >= 4 is 50.9 Å². The Kier molecular flexibility index (Phi) is 7.92. The fourth-order valence-electron chi connectivity index (χ4n) is 4.72. The Labute approximate surface area is 220 Å². The van der Waals surface area contributed by atoms with Crippen molar-refractivity contribution in [3.05, 3.63) is 63.6 Å². The summed E-state index contributed by atoms with van der Waals surface area (Å²) in [5.41, 5.74) is 0.635. The number of sulfonamides is 1. The Morgan fingerprint density at radius 2 is 1.81 bits per heavy atom. The molecule has 0 bridgehead atoms. The summed E-state index contributed by atoms with van der Waals surface area (Å²) in [7, 11) is -4.18. The van der Waals surface area contributed by atoms with E-state index in [0.29, 0.717) is 21.3 Å². The quantitative estimate of drug-likeness (QED) is 0.533. The van der Waals surface area contributed by atoms with Crippen LogP contribution in [0.4, 0.5) is 0 Å². The lowest BCUT2D eigenvalue weighted by molar-refractivity contribution is -0.141. The van der Waals surface area contributed by atoms with Crippen LogP contribution in [0, 0.1) is 0 Å². The number of nitrogens with zero attached hydrogens (tertiary/aromatic N) is 2. The third-order valence-corrected chi connectivity index (χ3v) is 9.14. The number of benzene rings is 2. The van der Waals surface area contributed by atoms with Crippen LogP contribution >= 0.6 is 23.2 Å². The van der Waals surface area contributed by atoms with Crippen molar-refractivity contribution < 1.29 is 22.8 Å². The number of amides is 3. The number of rotatable bonds is 8. The Balaban J connectivity index is 1.62. The van der Waals surface area contributed by atoms with Gasteiger partial charge in [0, 0.05) is 12.6 Å². The first-order valence-corrected chi connectivity index (χ1v) is 14.0. The molecule has 4 rings (SSSR count). The van der Waals surface area contributed by atoms with Crippen LogP contribution in [-0.4, -0.2) is 54.0 Å². The Morgan fingerprint density at radius 1 is 1.11 bits per heavy atom. The van der Waals surface area contributed by atoms with Crippen molar-refractivity contribution in [2.24, 2.45) is 0 Å². The van der Waals surface area contributed by atoms with Crippen molar-refractivity contribution in [1.29, 1.82) is 0 Å². The van der Waals surface area contributed by atoms with Gasteiger partial charge in [-0.2, -0.15) is 0 Å². The summed E-state index contributed by atoms with van der Waals surface area (Å²) in [6.07, 6.45) is 4.11. The van der Waals surface area contributed by atoms with Crippen LogP contribution in [0.5, 0.6) is 0 Å². The summed E-state index contributed by atoms with van der Waals surface area (Å²) in [4.78, 5) is 40.9. The highest BCUT2D eigenvalue weighted by molar-refractivity contribution is 7.90. The molecule has 0 saturated heterocycles. The van der Waals surface area contributed by atoms with Crippen molar-refractivity contribution in [1.82, 2.24) is 14.5 Å². The van der Waals surface area contributed by atoms with E-state index in [1.165, 1.54) is 23.1 Å². The summed E-state index contributed by atoms with van der Waals surface area (Å²) < 4.78 is 26.6. The van der Waals surface area contributed by atoms with Crippen LogP contribution in [0.1, 0.15) is 54.9 Å². The summed E-state index contributed by atoms with van der Waals surface area (Å²) in [6, 6.07) is 9.89. The zero-order valence-electron chi connectivity index (χ0n) is 19.7. The molecule has 2 aliphatic rings. The molecule has 8 nitrogen and oxygen atoms in total. The number of nitrogens with one attached hydrogen (secondary N) is 1. The van der Waals surface area contributed by atoms with E-state index < -0.39 is 34.4 Å². The van der Waals surface area contributed by atoms with Crippen molar-refractivity contribution in [3.63, 3.8) is 0 Å². The van der Waals surface area contributed by atoms with E-state index in [0.717, 1.165) is 25.7 Å². The van der Waals surface area contributed by atoms with Gasteiger partial charge in [-0.15, -0.1) is 0 Å². The van der Waals surface area contributed by atoms with E-state index in [4.69, 9.17) is 23.2 Å². The molecular formula is C25H27Cl2N3O5S. The number of halogens is 2. The molecule has 2 aromatic rings. The van der Waals surface area contributed by atoms with E-state index in [1.807, 2.05) is 0 Å². The van der Waals surface area contributed by atoms with Gasteiger partial charge in [0.2, 0.25) is 11.8 Å². The molecule has 1 heterocycles. The fourth-order valence-corrected chi connectivity index (χ4v) is 6.56. The molecule has 1 fully saturated rings. The monoisotopic (exact) mass is 551 g/mol. The molecule has 1 saturated carbocycles. The largest absolute Gasteiger partial charge is 0.352 e. The Bertz CT molecular complexity index is 1290. The van der Waals surface area contributed by atoms with E-state index in [-0.39, 0.29) is 34.0 Å². The standard InChI is InChI=1S/C25H27Cl2N3O5S/c1-2-21(24(32)28-17-7-3-4-8-17)29(14-16-11-12-19(26)20(27)13-16)23(31)15-30-25(33)18-9-5-6-10-22(18)36(30,34)35/h5-6,9-13,17,21H,2-4,7-8,14-15H2,1H3,(H,28,32). The van der Waals surface area contributed by atoms with Gasteiger partial charge >= 0.3 is 0 Å². The third-order valence-electron chi connectivity index (χ3n) is 6.62. The average Bonchev–Trinajstić information content (AvgIpc) is 3.42. The molecule has 3 amide bonds. The second kappa shape index (κ2) is 10.8. The van der Waals surface area contributed by atoms with Crippen LogP contribution in [0.25, 0.3) is 0 Å². The summed E-state index contributed by atoms with van der Waals surface area (Å²) in [6.45, 7) is 1.05. The molecule has 11 heteroatoms. The molecule has 0 spiro atoms. The predicted octanol–water partition coefficient (Wildman–Crippen LogP) is 4.00. The van der Waals surface area contributed by atoms with Crippen LogP contribution in [0.15, 0.2) is 47.4 Å². The minimum Gasteiger partial charge on any atom is -0.352 e. The maximum Gasteiger partial charge on any atom is 0.269 e. The number of hydrogen-bond donors (Lipinski definition) is 1. The highest BCUT2D eigenvalue weighted by Crippen LogP contribution is 2.30. The zero-order chi connectivity index (χ0) is 26.0. The van der Waals surface area contributed by atoms with E-state index in [2.05, 4.69) is 5.32 Å². The van der Waals surface area contributed by atoms with Gasteiger partial charge in [0.25, 0.3) is 15.9 Å². The van der Waals surface area contributed by atoms with Gasteiger partial charge in [-0.3, -0.25) is 14.4 Å². The molecule has 36 heavy (non-hydrogen) atoms. The Hall–Kier alpha value is -2.62. The molecule has 1 aliphatic heterocycles. The smallest absolute Gasteiger partial charge is 0.269 e. The van der Waals surface area contributed by atoms with Gasteiger partial charge in [-0.05, 0) is 49.1 Å². The van der Waals surface area contributed by atoms with E-state index in [9.17, 15) is 22.8 Å². The summed E-state index contributed by atoms with van der Waals surface area (Å²) in [5, 5.41) is 3.66. The van der Waals surface area contributed by atoms with Crippen LogP contribution in [-0.2, 0) is 26.2 Å². The van der Waals surface area contributed by atoms with Gasteiger partial charge < -0.3 is 10.2 Å². The average molecular weight is 552 g/mol. The second-order valence-corrected chi connectivity index (χ2v) is 11.6. The lowest BCUT2D eigenvalue weighted by Crippen LogP contribution is -2.53. The van der Waals surface area contributed by atoms with Gasteiger partial charge in [-0.1, -0.05) is 61.2 Å². The highest BCUT2D eigenvalue weighted by atomic mass is 35.5. The lowest BCUT2D eigenvalue weighted by Gasteiger charge is -2.32. The third kappa shape index (κ3) is 5.23. The number of carbonyl (C=O) groups is 3. The molecule has 1 aliphatic carbocycles. The van der Waals surface area contributed by atoms with Crippen molar-refractivity contribution in [3.8, 4) is 0 Å². The lowest BCUT2D eigenvalue weighted by atomic mass is 10.1. The number of hydrogen-bond acceptors (Lipinski definition) is 5. The van der Waals surface area contributed by atoms with Crippen molar-refractivity contribution in [2.45, 2.75) is 62.6 Å². The topological polar surface area (TPSA) is 104 Å². The summed E-state index contributed by atoms with van der Waals surface area (Å²) in [5.74, 6) is -1.74. The minimum atomic E-state index is -4.18. The summed E-state index contributed by atoms with van der Waals surface area (Å²) >= 11 is 12.2. The van der Waals surface area contributed by atoms with E-state index >= 15 is 0 Å². The van der Waals surface area contributed by atoms with Crippen LogP contribution < -0.4 is 5.32 Å². The van der Waals surface area contributed by atoms with Gasteiger partial charge in [0.15, 0.2) is 0 Å². The maximum atomic E-state index is 13.6. The first-order chi connectivity index (χ1) is 17.1. The molecule has 2 aromatic carbocycles. The van der Waals surface area contributed by atoms with Crippen LogP contribution in [0.2, 0.25) is 10.0 Å². The Morgan fingerprint density at radius 3 is 2.44 bits per heavy atom. The molecule has 0 radical (unpaired) electrons. The SMILES string of the molecule is CCC(C(=O)NC1CCCC1)N(Cc1ccc(Cl)c(Cl)c1)C(=O)CN1C(=O)c2ccccc2S1(=O)=O. The van der Waals surface area contributed by atoms with E-state index in [1.54, 1.807) is 31.2 Å². The zero-order valence-corrected chi connectivity index (χ0v) is 22.1. The maximum absolute atomic E-state index is 13.6. The van der Waals surface area contributed by atoms with Gasteiger partial charge in [0.1, 0.15) is 17.5 Å². The molecule has 192 valence electrons. The van der Waals surface area contributed by atoms with Gasteiger partial charge in [0.05, 0.1) is 15.6 Å².